The first-order valence-electron chi connectivity index (χ1n) is 8.68. The predicted molar refractivity (Wildman–Crippen MR) is 93.9 cm³/mol. The van der Waals surface area contributed by atoms with E-state index in [2.05, 4.69) is 34.0 Å². The summed E-state index contributed by atoms with van der Waals surface area (Å²) in [5, 5.41) is 3.00. The Labute approximate surface area is 142 Å². The lowest BCUT2D eigenvalue weighted by molar-refractivity contribution is -0.121. The van der Waals surface area contributed by atoms with Gasteiger partial charge in [0.15, 0.2) is 0 Å². The molecule has 1 aliphatic heterocycles. The molecule has 1 amide bonds. The number of H-pyrrole nitrogens is 1. The first-order valence-corrected chi connectivity index (χ1v) is 8.68. The summed E-state index contributed by atoms with van der Waals surface area (Å²) in [5.41, 5.74) is 1.96. The van der Waals surface area contributed by atoms with Crippen LogP contribution in [0, 0.1) is 0 Å². The average Bonchev–Trinajstić information content (AvgIpc) is 2.95. The summed E-state index contributed by atoms with van der Waals surface area (Å²) in [5.74, 6) is 0.937. The molecule has 2 heterocycles. The number of nitrogens with one attached hydrogen (secondary N) is 2. The molecule has 1 fully saturated rings. The number of aromatic nitrogens is 2. The van der Waals surface area contributed by atoms with Gasteiger partial charge in [0.1, 0.15) is 5.82 Å². The number of aromatic amines is 1. The highest BCUT2D eigenvalue weighted by molar-refractivity contribution is 5.77. The summed E-state index contributed by atoms with van der Waals surface area (Å²) in [6.07, 6.45) is 1.61. The number of hydrogen-bond acceptors (Lipinski definition) is 4. The van der Waals surface area contributed by atoms with Gasteiger partial charge < -0.3 is 15.0 Å². The zero-order valence-corrected chi connectivity index (χ0v) is 14.4. The maximum atomic E-state index is 12.0. The smallest absolute Gasteiger partial charge is 0.220 e. The van der Waals surface area contributed by atoms with E-state index in [4.69, 9.17) is 4.74 Å². The Morgan fingerprint density at radius 2 is 2.08 bits per heavy atom. The van der Waals surface area contributed by atoms with E-state index in [0.29, 0.717) is 19.4 Å². The van der Waals surface area contributed by atoms with Gasteiger partial charge in [-0.3, -0.25) is 9.69 Å². The number of para-hydroxylation sites is 2. The zero-order valence-electron chi connectivity index (χ0n) is 14.4. The molecule has 6 heteroatoms. The van der Waals surface area contributed by atoms with Crippen molar-refractivity contribution in [3.05, 3.63) is 30.1 Å². The van der Waals surface area contributed by atoms with Gasteiger partial charge in [-0.1, -0.05) is 12.1 Å². The molecule has 0 bridgehead atoms. The van der Waals surface area contributed by atoms with Gasteiger partial charge >= 0.3 is 0 Å². The number of benzene rings is 1. The highest BCUT2D eigenvalue weighted by Crippen LogP contribution is 2.11. The Balaban J connectivity index is 1.38. The van der Waals surface area contributed by atoms with Crippen molar-refractivity contribution in [1.29, 1.82) is 0 Å². The van der Waals surface area contributed by atoms with Gasteiger partial charge in [0.05, 0.1) is 23.2 Å². The van der Waals surface area contributed by atoms with Crippen LogP contribution in [0.3, 0.4) is 0 Å². The fourth-order valence-electron chi connectivity index (χ4n) is 3.26. The molecule has 1 aliphatic rings. The second kappa shape index (κ2) is 7.77. The molecule has 2 N–H and O–H groups in total. The van der Waals surface area contributed by atoms with E-state index in [-0.39, 0.29) is 18.1 Å². The standard InChI is InChI=1S/C18H26N4O2/c1-13-11-22(12-14(2)24-13)10-9-19-18(23)8-7-17-20-15-5-3-4-6-16(15)21-17/h3-6,13-14H,7-12H2,1-2H3,(H,19,23)(H,20,21). The Morgan fingerprint density at radius 3 is 2.83 bits per heavy atom. The second-order valence-electron chi connectivity index (χ2n) is 6.57. The molecule has 1 saturated heterocycles. The molecule has 0 aliphatic carbocycles. The van der Waals surface area contributed by atoms with E-state index in [1.54, 1.807) is 0 Å². The highest BCUT2D eigenvalue weighted by atomic mass is 16.5. The molecule has 0 radical (unpaired) electrons. The third-order valence-electron chi connectivity index (χ3n) is 4.27. The number of ether oxygens (including phenoxy) is 1. The van der Waals surface area contributed by atoms with Crippen molar-refractivity contribution in [3.63, 3.8) is 0 Å². The van der Waals surface area contributed by atoms with Gasteiger partial charge in [-0.25, -0.2) is 4.98 Å². The van der Waals surface area contributed by atoms with Crippen molar-refractivity contribution < 1.29 is 9.53 Å². The Morgan fingerprint density at radius 1 is 1.33 bits per heavy atom. The van der Waals surface area contributed by atoms with Crippen LogP contribution >= 0.6 is 0 Å². The summed E-state index contributed by atoms with van der Waals surface area (Å²) in [6, 6.07) is 7.91. The van der Waals surface area contributed by atoms with E-state index in [9.17, 15) is 4.79 Å². The maximum absolute atomic E-state index is 12.0. The van der Waals surface area contributed by atoms with E-state index in [1.165, 1.54) is 0 Å². The third-order valence-corrected chi connectivity index (χ3v) is 4.27. The molecule has 6 nitrogen and oxygen atoms in total. The number of hydrogen-bond donors (Lipinski definition) is 2. The van der Waals surface area contributed by atoms with Crippen molar-refractivity contribution in [2.75, 3.05) is 26.2 Å². The third kappa shape index (κ3) is 4.55. The van der Waals surface area contributed by atoms with E-state index >= 15 is 0 Å². The first kappa shape index (κ1) is 16.9. The number of nitrogens with zero attached hydrogens (tertiary/aromatic N) is 2. The van der Waals surface area contributed by atoms with E-state index < -0.39 is 0 Å². The number of imidazole rings is 1. The number of carbonyl (C=O) groups excluding carboxylic acids is 1. The van der Waals surface area contributed by atoms with Crippen LogP contribution in [0.25, 0.3) is 11.0 Å². The average molecular weight is 330 g/mol. The maximum Gasteiger partial charge on any atom is 0.220 e. The van der Waals surface area contributed by atoms with Gasteiger partial charge in [0.2, 0.25) is 5.91 Å². The molecule has 0 saturated carbocycles. The predicted octanol–water partition coefficient (Wildman–Crippen LogP) is 1.72. The van der Waals surface area contributed by atoms with Crippen LogP contribution in [0.5, 0.6) is 0 Å². The van der Waals surface area contributed by atoms with Crippen LogP contribution in [0.4, 0.5) is 0 Å². The van der Waals surface area contributed by atoms with E-state index in [1.807, 2.05) is 24.3 Å². The lowest BCUT2D eigenvalue weighted by atomic mass is 10.2. The number of rotatable bonds is 6. The van der Waals surface area contributed by atoms with Crippen molar-refractivity contribution in [2.24, 2.45) is 0 Å². The van der Waals surface area contributed by atoms with Crippen LogP contribution in [0.1, 0.15) is 26.1 Å². The number of fused-ring (bicyclic) bond motifs is 1. The van der Waals surface area contributed by atoms with Crippen LogP contribution in [-0.2, 0) is 16.0 Å². The van der Waals surface area contributed by atoms with Gasteiger partial charge in [-0.05, 0) is 26.0 Å². The van der Waals surface area contributed by atoms with Crippen LogP contribution in [0.2, 0.25) is 0 Å². The van der Waals surface area contributed by atoms with Gasteiger partial charge in [0.25, 0.3) is 0 Å². The minimum Gasteiger partial charge on any atom is -0.373 e. The van der Waals surface area contributed by atoms with Gasteiger partial charge in [-0.15, -0.1) is 0 Å². The summed E-state index contributed by atoms with van der Waals surface area (Å²) in [6.45, 7) is 7.59. The topological polar surface area (TPSA) is 70.2 Å². The molecule has 2 aromatic rings. The van der Waals surface area contributed by atoms with Crippen molar-refractivity contribution in [1.82, 2.24) is 20.2 Å². The quantitative estimate of drug-likeness (QED) is 0.846. The molecule has 3 rings (SSSR count). The monoisotopic (exact) mass is 330 g/mol. The Bertz CT molecular complexity index is 641. The Hall–Kier alpha value is -1.92. The highest BCUT2D eigenvalue weighted by Gasteiger charge is 2.21. The lowest BCUT2D eigenvalue weighted by Gasteiger charge is -2.35. The normalized spacial score (nSPS) is 21.9. The molecule has 1 aromatic carbocycles. The SMILES string of the molecule is CC1CN(CCNC(=O)CCc2nc3ccccc3[nH]2)CC(C)O1. The fraction of sp³-hybridized carbons (Fsp3) is 0.556. The van der Waals surface area contributed by atoms with Crippen molar-refractivity contribution in [3.8, 4) is 0 Å². The molecular formula is C18H26N4O2. The molecule has 2 atom stereocenters. The zero-order chi connectivity index (χ0) is 16.9. The molecule has 0 spiro atoms. The largest absolute Gasteiger partial charge is 0.373 e. The van der Waals surface area contributed by atoms with Crippen LogP contribution in [0.15, 0.2) is 24.3 Å². The fourth-order valence-corrected chi connectivity index (χ4v) is 3.26. The molecule has 1 aromatic heterocycles. The number of morpholine rings is 1. The minimum atomic E-state index is 0.0739. The second-order valence-corrected chi connectivity index (χ2v) is 6.57. The van der Waals surface area contributed by atoms with E-state index in [0.717, 1.165) is 36.5 Å². The van der Waals surface area contributed by atoms with Gasteiger partial charge in [0, 0.05) is 39.0 Å². The van der Waals surface area contributed by atoms with Gasteiger partial charge in [-0.2, -0.15) is 0 Å². The van der Waals surface area contributed by atoms with Crippen molar-refractivity contribution >= 4 is 16.9 Å². The number of amides is 1. The molecule has 2 unspecified atom stereocenters. The summed E-state index contributed by atoms with van der Waals surface area (Å²) in [7, 11) is 0. The summed E-state index contributed by atoms with van der Waals surface area (Å²) < 4.78 is 5.72. The minimum absolute atomic E-state index is 0.0739. The summed E-state index contributed by atoms with van der Waals surface area (Å²) in [4.78, 5) is 22.1. The van der Waals surface area contributed by atoms with Crippen LogP contribution in [-0.4, -0.2) is 59.2 Å². The first-order chi connectivity index (χ1) is 11.6. The Kier molecular flexibility index (Phi) is 5.48. The van der Waals surface area contributed by atoms with Crippen molar-refractivity contribution in [2.45, 2.75) is 38.9 Å². The number of carbonyl (C=O) groups is 1. The van der Waals surface area contributed by atoms with Crippen LogP contribution < -0.4 is 5.32 Å². The molecule has 24 heavy (non-hydrogen) atoms. The molecular weight excluding hydrogens is 304 g/mol. The lowest BCUT2D eigenvalue weighted by Crippen LogP contribution is -2.47. The number of aryl methyl sites for hydroxylation is 1. The molecule has 130 valence electrons. The summed E-state index contributed by atoms with van der Waals surface area (Å²) >= 11 is 0.